The van der Waals surface area contributed by atoms with E-state index in [2.05, 4.69) is 0 Å². The van der Waals surface area contributed by atoms with Gasteiger partial charge in [-0.2, -0.15) is 8.42 Å². The molecular formula is C10H15N3O5S. The maximum absolute atomic E-state index is 9.62. The minimum absolute atomic E-state index is 0.0684. The van der Waals surface area contributed by atoms with Crippen LogP contribution in [0.3, 0.4) is 0 Å². The Morgan fingerprint density at radius 1 is 1.37 bits per heavy atom. The largest absolute Gasteiger partial charge is 0.508 e. The van der Waals surface area contributed by atoms with Crippen molar-refractivity contribution in [1.82, 2.24) is 4.90 Å². The van der Waals surface area contributed by atoms with E-state index in [1.165, 1.54) is 0 Å². The van der Waals surface area contributed by atoms with Crippen LogP contribution in [-0.2, 0) is 23.4 Å². The van der Waals surface area contributed by atoms with E-state index in [-0.39, 0.29) is 5.96 Å². The molecule has 0 spiro atoms. The van der Waals surface area contributed by atoms with Crippen LogP contribution in [0.2, 0.25) is 0 Å². The fraction of sp³-hybridized carbons (Fsp3) is 0.300. The molecule has 2 rings (SSSR count). The molecular weight excluding hydrogens is 274 g/mol. The third kappa shape index (κ3) is 5.12. The van der Waals surface area contributed by atoms with Crippen LogP contribution in [0.25, 0.3) is 0 Å². The minimum atomic E-state index is -4.67. The first-order valence-electron chi connectivity index (χ1n) is 5.27. The first-order chi connectivity index (χ1) is 8.68. The molecule has 106 valence electrons. The van der Waals surface area contributed by atoms with Crippen molar-refractivity contribution in [3.05, 3.63) is 29.3 Å². The Hall–Kier alpha value is -1.84. The van der Waals surface area contributed by atoms with Gasteiger partial charge in [0.1, 0.15) is 5.75 Å². The van der Waals surface area contributed by atoms with E-state index in [0.717, 1.165) is 24.1 Å². The molecule has 0 atom stereocenters. The maximum Gasteiger partial charge on any atom is 0.394 e. The van der Waals surface area contributed by atoms with E-state index in [9.17, 15) is 5.11 Å². The van der Waals surface area contributed by atoms with Gasteiger partial charge in [0.05, 0.1) is 0 Å². The summed E-state index contributed by atoms with van der Waals surface area (Å²) in [6.07, 6.45) is 0.837. The Morgan fingerprint density at radius 3 is 2.47 bits per heavy atom. The highest BCUT2D eigenvalue weighted by Gasteiger charge is 2.19. The molecule has 1 aromatic carbocycles. The average molecular weight is 289 g/mol. The molecule has 6 N–H and O–H groups in total. The van der Waals surface area contributed by atoms with Gasteiger partial charge in [-0.05, 0) is 18.1 Å². The normalized spacial score (nSPS) is 14.1. The van der Waals surface area contributed by atoms with Crippen LogP contribution < -0.4 is 5.73 Å². The van der Waals surface area contributed by atoms with Crippen LogP contribution in [0.15, 0.2) is 18.2 Å². The number of guanidine groups is 1. The third-order valence-electron chi connectivity index (χ3n) is 2.59. The highest BCUT2D eigenvalue weighted by Crippen LogP contribution is 2.26. The summed E-state index contributed by atoms with van der Waals surface area (Å²) in [6.45, 7) is 1.29. The SMILES string of the molecule is N=C(N)N1CCc2cccc(O)c2C1.O=S(=O)(O)O. The Kier molecular flexibility index (Phi) is 4.70. The van der Waals surface area contributed by atoms with E-state index in [1.54, 1.807) is 11.0 Å². The number of hydrogen-bond donors (Lipinski definition) is 5. The number of phenolic OH excluding ortho intramolecular Hbond substituents is 1. The average Bonchev–Trinajstić information content (AvgIpc) is 2.27. The zero-order valence-corrected chi connectivity index (χ0v) is 10.8. The topological polar surface area (TPSA) is 148 Å². The number of benzene rings is 1. The summed E-state index contributed by atoms with van der Waals surface area (Å²) in [5.41, 5.74) is 7.45. The molecule has 0 aromatic heterocycles. The van der Waals surface area contributed by atoms with Crippen molar-refractivity contribution in [3.63, 3.8) is 0 Å². The molecule has 19 heavy (non-hydrogen) atoms. The second kappa shape index (κ2) is 5.87. The van der Waals surface area contributed by atoms with Gasteiger partial charge in [-0.25, -0.2) is 0 Å². The van der Waals surface area contributed by atoms with E-state index in [1.807, 2.05) is 12.1 Å². The molecule has 1 aliphatic heterocycles. The number of hydrogen-bond acceptors (Lipinski definition) is 4. The molecule has 0 amide bonds. The van der Waals surface area contributed by atoms with Gasteiger partial charge in [0.15, 0.2) is 5.96 Å². The smallest absolute Gasteiger partial charge is 0.394 e. The van der Waals surface area contributed by atoms with Crippen LogP contribution >= 0.6 is 0 Å². The number of nitrogens with two attached hydrogens (primary N) is 1. The minimum Gasteiger partial charge on any atom is -0.508 e. The Labute approximate surface area is 110 Å². The molecule has 0 fully saturated rings. The van der Waals surface area contributed by atoms with Crippen molar-refractivity contribution in [2.45, 2.75) is 13.0 Å². The zero-order valence-electron chi connectivity index (χ0n) is 9.94. The molecule has 0 radical (unpaired) electrons. The predicted molar refractivity (Wildman–Crippen MR) is 68.3 cm³/mol. The summed E-state index contributed by atoms with van der Waals surface area (Å²) in [4.78, 5) is 1.75. The second-order valence-corrected chi connectivity index (χ2v) is 4.82. The molecule has 8 nitrogen and oxygen atoms in total. The van der Waals surface area contributed by atoms with Gasteiger partial charge in [0.25, 0.3) is 0 Å². The number of phenols is 1. The standard InChI is InChI=1S/C10H13N3O.H2O4S/c11-10(12)13-5-4-7-2-1-3-9(14)8(7)6-13;1-5(2,3)4/h1-3,14H,4-6H2,(H3,11,12);(H2,1,2,3,4). The van der Waals surface area contributed by atoms with Gasteiger partial charge in [-0.1, -0.05) is 12.1 Å². The van der Waals surface area contributed by atoms with E-state index in [4.69, 9.17) is 28.7 Å². The summed E-state index contributed by atoms with van der Waals surface area (Å²) >= 11 is 0. The van der Waals surface area contributed by atoms with Crippen LogP contribution in [0, 0.1) is 5.41 Å². The fourth-order valence-corrected chi connectivity index (χ4v) is 1.77. The molecule has 1 aromatic rings. The molecule has 1 heterocycles. The molecule has 0 saturated carbocycles. The quantitative estimate of drug-likeness (QED) is 0.256. The fourth-order valence-electron chi connectivity index (χ4n) is 1.77. The van der Waals surface area contributed by atoms with Gasteiger partial charge in [-0.15, -0.1) is 0 Å². The van der Waals surface area contributed by atoms with Crippen molar-refractivity contribution in [2.75, 3.05) is 6.54 Å². The van der Waals surface area contributed by atoms with E-state index < -0.39 is 10.4 Å². The van der Waals surface area contributed by atoms with Gasteiger partial charge >= 0.3 is 10.4 Å². The molecule has 9 heteroatoms. The lowest BCUT2D eigenvalue weighted by molar-refractivity contribution is 0.370. The lowest BCUT2D eigenvalue weighted by Crippen LogP contribution is -2.40. The van der Waals surface area contributed by atoms with Gasteiger partial charge in [-0.3, -0.25) is 14.5 Å². The summed E-state index contributed by atoms with van der Waals surface area (Å²) < 4.78 is 31.6. The third-order valence-corrected chi connectivity index (χ3v) is 2.59. The Balaban J connectivity index is 0.000000312. The van der Waals surface area contributed by atoms with Crippen molar-refractivity contribution in [1.29, 1.82) is 5.41 Å². The van der Waals surface area contributed by atoms with Crippen LogP contribution in [0.4, 0.5) is 0 Å². The van der Waals surface area contributed by atoms with Gasteiger partial charge in [0.2, 0.25) is 0 Å². The van der Waals surface area contributed by atoms with E-state index in [0.29, 0.717) is 12.3 Å². The molecule has 0 unspecified atom stereocenters. The molecule has 0 bridgehead atoms. The Bertz CT molecular complexity index is 565. The summed E-state index contributed by atoms with van der Waals surface area (Å²) in [5, 5.41) is 16.9. The summed E-state index contributed by atoms with van der Waals surface area (Å²) in [6, 6.07) is 5.52. The first-order valence-corrected chi connectivity index (χ1v) is 6.66. The van der Waals surface area contributed by atoms with Crippen molar-refractivity contribution in [2.24, 2.45) is 5.73 Å². The first kappa shape index (κ1) is 15.2. The number of rotatable bonds is 0. The number of fused-ring (bicyclic) bond motifs is 1. The number of nitrogens with one attached hydrogen (secondary N) is 1. The van der Waals surface area contributed by atoms with Crippen LogP contribution in [0.5, 0.6) is 5.75 Å². The van der Waals surface area contributed by atoms with Crippen molar-refractivity contribution < 1.29 is 22.6 Å². The predicted octanol–water partition coefficient (Wildman–Crippen LogP) is -0.00903. The Morgan fingerprint density at radius 2 is 1.95 bits per heavy atom. The maximum atomic E-state index is 9.62. The van der Waals surface area contributed by atoms with Crippen molar-refractivity contribution >= 4 is 16.4 Å². The highest BCUT2D eigenvalue weighted by atomic mass is 32.3. The highest BCUT2D eigenvalue weighted by molar-refractivity contribution is 7.79. The zero-order chi connectivity index (χ0) is 14.6. The lowest BCUT2D eigenvalue weighted by Gasteiger charge is -2.29. The molecule has 1 aliphatic rings. The van der Waals surface area contributed by atoms with Crippen molar-refractivity contribution in [3.8, 4) is 5.75 Å². The number of nitrogens with zero attached hydrogens (tertiary/aromatic N) is 1. The monoisotopic (exact) mass is 289 g/mol. The lowest BCUT2D eigenvalue weighted by atomic mass is 9.99. The van der Waals surface area contributed by atoms with E-state index >= 15 is 0 Å². The second-order valence-electron chi connectivity index (χ2n) is 3.92. The number of aromatic hydroxyl groups is 1. The molecule has 0 saturated heterocycles. The summed E-state index contributed by atoms with van der Waals surface area (Å²) in [5.74, 6) is 0.368. The molecule has 0 aliphatic carbocycles. The van der Waals surface area contributed by atoms with Crippen LogP contribution in [-0.4, -0.2) is 40.0 Å². The summed E-state index contributed by atoms with van der Waals surface area (Å²) in [7, 11) is -4.67. The van der Waals surface area contributed by atoms with Gasteiger partial charge in [0, 0.05) is 18.7 Å². The van der Waals surface area contributed by atoms with Gasteiger partial charge < -0.3 is 15.7 Å². The van der Waals surface area contributed by atoms with Crippen LogP contribution in [0.1, 0.15) is 11.1 Å².